The summed E-state index contributed by atoms with van der Waals surface area (Å²) in [5.74, 6) is 4.31. The second-order valence-electron chi connectivity index (χ2n) is 4.07. The van der Waals surface area contributed by atoms with Crippen LogP contribution in [0.4, 0.5) is 0 Å². The first-order chi connectivity index (χ1) is 8.81. The van der Waals surface area contributed by atoms with Gasteiger partial charge in [-0.05, 0) is 17.5 Å². The highest BCUT2D eigenvalue weighted by Gasteiger charge is 2.19. The van der Waals surface area contributed by atoms with Crippen molar-refractivity contribution in [2.24, 2.45) is 16.7 Å². The third-order valence-electron chi connectivity index (χ3n) is 2.31. The van der Waals surface area contributed by atoms with Gasteiger partial charge < -0.3 is 11.6 Å². The van der Waals surface area contributed by atoms with Crippen molar-refractivity contribution in [2.45, 2.75) is 12.5 Å². The molecule has 1 unspecified atom stereocenters. The summed E-state index contributed by atoms with van der Waals surface area (Å²) in [5, 5.41) is 3.39. The summed E-state index contributed by atoms with van der Waals surface area (Å²) in [6.07, 6.45) is 2.59. The van der Waals surface area contributed by atoms with E-state index in [1.165, 1.54) is 6.21 Å². The minimum atomic E-state index is -3.51. The lowest BCUT2D eigenvalue weighted by molar-refractivity contribution is -0.119. The molecular formula is C11H16N4O3S. The van der Waals surface area contributed by atoms with Crippen molar-refractivity contribution in [2.75, 3.05) is 6.26 Å². The molecule has 1 aromatic carbocycles. The molecule has 1 atom stereocenters. The number of benzene rings is 1. The van der Waals surface area contributed by atoms with Gasteiger partial charge in [-0.15, -0.1) is 0 Å². The van der Waals surface area contributed by atoms with E-state index < -0.39 is 22.0 Å². The van der Waals surface area contributed by atoms with Crippen LogP contribution in [0.1, 0.15) is 11.1 Å². The van der Waals surface area contributed by atoms with E-state index in [1.54, 1.807) is 24.3 Å². The summed E-state index contributed by atoms with van der Waals surface area (Å²) in [5.41, 5.74) is 6.68. The van der Waals surface area contributed by atoms with Crippen molar-refractivity contribution in [3.63, 3.8) is 0 Å². The SMILES string of the molecule is CS(=O)(=O)NC(Cc1cccc(/C=N\N)c1)C(N)=O. The van der Waals surface area contributed by atoms with Gasteiger partial charge in [0, 0.05) is 0 Å². The first-order valence-electron chi connectivity index (χ1n) is 5.40. The van der Waals surface area contributed by atoms with Gasteiger partial charge in [-0.2, -0.15) is 5.10 Å². The molecule has 7 nitrogen and oxygen atoms in total. The lowest BCUT2D eigenvalue weighted by Gasteiger charge is -2.14. The molecule has 0 bridgehead atoms. The topological polar surface area (TPSA) is 128 Å². The van der Waals surface area contributed by atoms with Crippen LogP contribution in [-0.2, 0) is 21.2 Å². The Bertz CT molecular complexity index is 583. The maximum atomic E-state index is 11.2. The number of nitrogens with zero attached hydrogens (tertiary/aromatic N) is 1. The number of carbonyl (C=O) groups is 1. The minimum absolute atomic E-state index is 0.161. The predicted octanol–water partition coefficient (Wildman–Crippen LogP) is -1.08. The van der Waals surface area contributed by atoms with Crippen molar-refractivity contribution in [1.82, 2.24) is 4.72 Å². The van der Waals surface area contributed by atoms with E-state index in [2.05, 4.69) is 9.82 Å². The number of rotatable bonds is 6. The monoisotopic (exact) mass is 284 g/mol. The molecule has 19 heavy (non-hydrogen) atoms. The van der Waals surface area contributed by atoms with Crippen LogP contribution in [-0.4, -0.2) is 32.8 Å². The van der Waals surface area contributed by atoms with Gasteiger partial charge in [0.25, 0.3) is 0 Å². The summed E-state index contributed by atoms with van der Waals surface area (Å²) < 4.78 is 24.5. The van der Waals surface area contributed by atoms with E-state index in [0.717, 1.165) is 17.4 Å². The third kappa shape index (κ3) is 5.49. The van der Waals surface area contributed by atoms with E-state index in [9.17, 15) is 13.2 Å². The van der Waals surface area contributed by atoms with Crippen LogP contribution in [0, 0.1) is 0 Å². The number of primary amides is 1. The molecule has 1 aromatic rings. The molecule has 0 spiro atoms. The third-order valence-corrected chi connectivity index (χ3v) is 3.03. The van der Waals surface area contributed by atoms with E-state index in [1.807, 2.05) is 0 Å². The fourth-order valence-corrected chi connectivity index (χ4v) is 2.30. The number of nitrogens with one attached hydrogen (secondary N) is 1. The normalized spacial score (nSPS) is 13.5. The Morgan fingerprint density at radius 1 is 1.53 bits per heavy atom. The largest absolute Gasteiger partial charge is 0.368 e. The van der Waals surface area contributed by atoms with Gasteiger partial charge >= 0.3 is 0 Å². The average molecular weight is 284 g/mol. The van der Waals surface area contributed by atoms with Crippen molar-refractivity contribution in [3.05, 3.63) is 35.4 Å². The highest BCUT2D eigenvalue weighted by molar-refractivity contribution is 7.88. The van der Waals surface area contributed by atoms with Gasteiger partial charge in [-0.3, -0.25) is 4.79 Å². The summed E-state index contributed by atoms with van der Waals surface area (Å²) >= 11 is 0. The number of sulfonamides is 1. The Kier molecular flexibility index (Phi) is 5.02. The molecule has 0 aliphatic carbocycles. The minimum Gasteiger partial charge on any atom is -0.368 e. The van der Waals surface area contributed by atoms with Crippen LogP contribution in [0.3, 0.4) is 0 Å². The van der Waals surface area contributed by atoms with Gasteiger partial charge in [0.2, 0.25) is 15.9 Å². The van der Waals surface area contributed by atoms with Gasteiger partial charge in [0.05, 0.1) is 12.5 Å². The van der Waals surface area contributed by atoms with Crippen molar-refractivity contribution < 1.29 is 13.2 Å². The molecular weight excluding hydrogens is 268 g/mol. The quantitative estimate of drug-likeness (QED) is 0.349. The molecule has 0 fully saturated rings. The van der Waals surface area contributed by atoms with Crippen LogP contribution in [0.5, 0.6) is 0 Å². The number of hydrogen-bond donors (Lipinski definition) is 3. The Labute approximate surface area is 111 Å². The molecule has 0 aliphatic heterocycles. The molecule has 5 N–H and O–H groups in total. The standard InChI is InChI=1S/C11H16N4O3S/c1-19(17,18)15-10(11(12)16)6-8-3-2-4-9(5-8)7-14-13/h2-5,7,10,15H,6,13H2,1H3,(H2,12,16)/b14-7-. The summed E-state index contributed by atoms with van der Waals surface area (Å²) in [7, 11) is -3.51. The van der Waals surface area contributed by atoms with Crippen molar-refractivity contribution in [1.29, 1.82) is 0 Å². The summed E-state index contributed by atoms with van der Waals surface area (Å²) in [6, 6.07) is 6.05. The summed E-state index contributed by atoms with van der Waals surface area (Å²) in [6.45, 7) is 0. The van der Waals surface area contributed by atoms with Gasteiger partial charge in [-0.1, -0.05) is 24.3 Å². The molecule has 0 saturated carbocycles. The molecule has 0 aromatic heterocycles. The zero-order valence-electron chi connectivity index (χ0n) is 10.4. The van der Waals surface area contributed by atoms with Gasteiger partial charge in [0.1, 0.15) is 6.04 Å². The van der Waals surface area contributed by atoms with E-state index in [4.69, 9.17) is 11.6 Å². The number of carbonyl (C=O) groups excluding carboxylic acids is 1. The van der Waals surface area contributed by atoms with E-state index in [0.29, 0.717) is 0 Å². The van der Waals surface area contributed by atoms with E-state index >= 15 is 0 Å². The molecule has 0 radical (unpaired) electrons. The number of hydrazone groups is 1. The highest BCUT2D eigenvalue weighted by atomic mass is 32.2. The first-order valence-corrected chi connectivity index (χ1v) is 7.30. The second-order valence-corrected chi connectivity index (χ2v) is 5.85. The van der Waals surface area contributed by atoms with Crippen LogP contribution in [0.25, 0.3) is 0 Å². The number of nitrogens with two attached hydrogens (primary N) is 2. The van der Waals surface area contributed by atoms with Crippen molar-refractivity contribution >= 4 is 22.1 Å². The Hall–Kier alpha value is -1.93. The molecule has 0 aliphatic rings. The van der Waals surface area contributed by atoms with E-state index in [-0.39, 0.29) is 6.42 Å². The zero-order chi connectivity index (χ0) is 14.5. The van der Waals surface area contributed by atoms with Crippen LogP contribution >= 0.6 is 0 Å². The van der Waals surface area contributed by atoms with Crippen LogP contribution in [0.2, 0.25) is 0 Å². The molecule has 0 saturated heterocycles. The zero-order valence-corrected chi connectivity index (χ0v) is 11.2. The summed E-state index contributed by atoms with van der Waals surface area (Å²) in [4.78, 5) is 11.2. The average Bonchev–Trinajstić information content (AvgIpc) is 2.27. The smallest absolute Gasteiger partial charge is 0.235 e. The molecule has 8 heteroatoms. The van der Waals surface area contributed by atoms with Gasteiger partial charge in [0.15, 0.2) is 0 Å². The Balaban J connectivity index is 2.91. The van der Waals surface area contributed by atoms with Crippen LogP contribution < -0.4 is 16.3 Å². The second kappa shape index (κ2) is 6.30. The fourth-order valence-electron chi connectivity index (χ4n) is 1.58. The lowest BCUT2D eigenvalue weighted by Crippen LogP contribution is -2.45. The molecule has 1 amide bonds. The first kappa shape index (κ1) is 15.1. The molecule has 104 valence electrons. The molecule has 0 heterocycles. The van der Waals surface area contributed by atoms with Gasteiger partial charge in [-0.25, -0.2) is 13.1 Å². The maximum Gasteiger partial charge on any atom is 0.235 e. The highest BCUT2D eigenvalue weighted by Crippen LogP contribution is 2.07. The number of hydrogen-bond acceptors (Lipinski definition) is 5. The van der Waals surface area contributed by atoms with Crippen molar-refractivity contribution in [3.8, 4) is 0 Å². The number of amides is 1. The fraction of sp³-hybridized carbons (Fsp3) is 0.273. The predicted molar refractivity (Wildman–Crippen MR) is 72.9 cm³/mol. The molecule has 1 rings (SSSR count). The Morgan fingerprint density at radius 2 is 2.21 bits per heavy atom. The van der Waals surface area contributed by atoms with Crippen LogP contribution in [0.15, 0.2) is 29.4 Å². The lowest BCUT2D eigenvalue weighted by atomic mass is 10.0. The maximum absolute atomic E-state index is 11.2. The Morgan fingerprint density at radius 3 is 2.74 bits per heavy atom.